The molecular weight excluding hydrogens is 516 g/mol. The number of piperidine rings is 1. The third-order valence-corrected chi connectivity index (χ3v) is 7.03. The Labute approximate surface area is 220 Å². The van der Waals surface area contributed by atoms with Gasteiger partial charge in [-0.1, -0.05) is 0 Å². The molecule has 1 aliphatic heterocycles. The Morgan fingerprint density at radius 2 is 1.87 bits per heavy atom. The van der Waals surface area contributed by atoms with E-state index in [1.165, 1.54) is 24.4 Å². The van der Waals surface area contributed by atoms with Crippen molar-refractivity contribution in [3.63, 3.8) is 0 Å². The minimum absolute atomic E-state index is 0.0223. The van der Waals surface area contributed by atoms with Crippen LogP contribution in [0, 0.1) is 11.7 Å². The fraction of sp³-hybridized carbons (Fsp3) is 0.333. The summed E-state index contributed by atoms with van der Waals surface area (Å²) in [5.74, 6) is -0.436. The lowest BCUT2D eigenvalue weighted by Gasteiger charge is -2.33. The molecule has 2 aromatic carbocycles. The van der Waals surface area contributed by atoms with E-state index in [2.05, 4.69) is 20.3 Å². The Morgan fingerprint density at radius 3 is 2.64 bits per heavy atom. The van der Waals surface area contributed by atoms with Crippen LogP contribution in [0.15, 0.2) is 48.7 Å². The van der Waals surface area contributed by atoms with E-state index < -0.39 is 17.6 Å². The molecule has 8 nitrogen and oxygen atoms in total. The quantitative estimate of drug-likeness (QED) is 0.340. The van der Waals surface area contributed by atoms with Gasteiger partial charge in [-0.3, -0.25) is 9.36 Å². The maximum atomic E-state index is 14.0. The molecule has 0 spiro atoms. The first-order valence-corrected chi connectivity index (χ1v) is 12.6. The average Bonchev–Trinajstić information content (AvgIpc) is 3.68. The van der Waals surface area contributed by atoms with Gasteiger partial charge in [0.15, 0.2) is 0 Å². The van der Waals surface area contributed by atoms with Gasteiger partial charge in [0.1, 0.15) is 23.2 Å². The zero-order chi connectivity index (χ0) is 27.3. The largest absolute Gasteiger partial charge is 0.508 e. The van der Waals surface area contributed by atoms with Crippen LogP contribution < -0.4 is 5.32 Å². The van der Waals surface area contributed by atoms with Crippen molar-refractivity contribution in [2.75, 3.05) is 18.4 Å². The smallest absolute Gasteiger partial charge is 0.419 e. The number of phenols is 1. The number of anilines is 1. The number of nitrogens with one attached hydrogen (secondary N) is 1. The van der Waals surface area contributed by atoms with Gasteiger partial charge >= 0.3 is 6.18 Å². The molecule has 1 saturated carbocycles. The molecule has 1 aliphatic carbocycles. The van der Waals surface area contributed by atoms with Gasteiger partial charge < -0.3 is 15.3 Å². The van der Waals surface area contributed by atoms with Crippen molar-refractivity contribution in [1.29, 1.82) is 0 Å². The number of aromatic nitrogens is 4. The first-order valence-electron chi connectivity index (χ1n) is 12.6. The van der Waals surface area contributed by atoms with Gasteiger partial charge in [-0.25, -0.2) is 14.4 Å². The number of aromatic hydroxyl groups is 1. The lowest BCUT2D eigenvalue weighted by Crippen LogP contribution is -2.45. The summed E-state index contributed by atoms with van der Waals surface area (Å²) in [6.45, 7) is 1.26. The molecule has 1 atom stereocenters. The van der Waals surface area contributed by atoms with Crippen LogP contribution in [0.2, 0.25) is 0 Å². The molecule has 2 aromatic heterocycles. The first kappa shape index (κ1) is 25.1. The molecule has 39 heavy (non-hydrogen) atoms. The SMILES string of the molecule is O=C(C1CC1)N1CCC[C@H](Nc2nccc(-n3c(-c4ccc(F)c(C(F)(F)F)c4)nc4cc(O)ccc43)n2)C1. The van der Waals surface area contributed by atoms with Crippen LogP contribution in [-0.2, 0) is 11.0 Å². The van der Waals surface area contributed by atoms with Crippen LogP contribution in [0.1, 0.15) is 31.2 Å². The van der Waals surface area contributed by atoms with E-state index in [0.717, 1.165) is 38.3 Å². The van der Waals surface area contributed by atoms with Crippen molar-refractivity contribution < 1.29 is 27.5 Å². The third-order valence-electron chi connectivity index (χ3n) is 7.03. The number of carbonyl (C=O) groups is 1. The fourth-order valence-electron chi connectivity index (χ4n) is 4.99. The van der Waals surface area contributed by atoms with E-state index in [0.29, 0.717) is 35.4 Å². The monoisotopic (exact) mass is 540 g/mol. The van der Waals surface area contributed by atoms with E-state index in [1.807, 2.05) is 4.90 Å². The Balaban J connectivity index is 1.37. The Bertz CT molecular complexity index is 1570. The van der Waals surface area contributed by atoms with Gasteiger partial charge in [-0.15, -0.1) is 0 Å². The number of benzene rings is 2. The van der Waals surface area contributed by atoms with Crippen molar-refractivity contribution in [2.45, 2.75) is 37.9 Å². The number of carbonyl (C=O) groups excluding carboxylic acids is 1. The summed E-state index contributed by atoms with van der Waals surface area (Å²) in [7, 11) is 0. The van der Waals surface area contributed by atoms with Gasteiger partial charge in [-0.05, 0) is 62.1 Å². The Kier molecular flexibility index (Phi) is 6.12. The molecular formula is C27H24F4N6O2. The van der Waals surface area contributed by atoms with E-state index in [1.54, 1.807) is 16.7 Å². The number of hydrogen-bond donors (Lipinski definition) is 2. The predicted molar refractivity (Wildman–Crippen MR) is 135 cm³/mol. The lowest BCUT2D eigenvalue weighted by atomic mass is 10.1. The second kappa shape index (κ2) is 9.51. The van der Waals surface area contributed by atoms with Crippen LogP contribution in [0.3, 0.4) is 0 Å². The molecule has 2 fully saturated rings. The molecule has 1 saturated heterocycles. The van der Waals surface area contributed by atoms with Crippen LogP contribution in [0.25, 0.3) is 28.2 Å². The number of alkyl halides is 3. The summed E-state index contributed by atoms with van der Waals surface area (Å²) in [5.41, 5.74) is -0.593. The maximum Gasteiger partial charge on any atom is 0.419 e. The van der Waals surface area contributed by atoms with Gasteiger partial charge in [0, 0.05) is 42.9 Å². The van der Waals surface area contributed by atoms with Crippen LogP contribution in [0.5, 0.6) is 5.75 Å². The average molecular weight is 541 g/mol. The van der Waals surface area contributed by atoms with Gasteiger partial charge in [0.05, 0.1) is 16.6 Å². The molecule has 2 N–H and O–H groups in total. The lowest BCUT2D eigenvalue weighted by molar-refractivity contribution is -0.140. The number of nitrogens with zero attached hydrogens (tertiary/aromatic N) is 5. The topological polar surface area (TPSA) is 96.2 Å². The molecule has 6 rings (SSSR count). The molecule has 4 aromatic rings. The van der Waals surface area contributed by atoms with Crippen molar-refractivity contribution >= 4 is 22.9 Å². The first-order chi connectivity index (χ1) is 18.7. The summed E-state index contributed by atoms with van der Waals surface area (Å²) < 4.78 is 56.0. The number of rotatable bonds is 5. The molecule has 0 unspecified atom stereocenters. The highest BCUT2D eigenvalue weighted by Crippen LogP contribution is 2.36. The number of hydrogen-bond acceptors (Lipinski definition) is 6. The Morgan fingerprint density at radius 1 is 1.05 bits per heavy atom. The molecule has 2 aliphatic rings. The second-order valence-corrected chi connectivity index (χ2v) is 9.92. The predicted octanol–water partition coefficient (Wildman–Crippen LogP) is 5.16. The summed E-state index contributed by atoms with van der Waals surface area (Å²) in [6.07, 6.45) is 0.183. The van der Waals surface area contributed by atoms with Gasteiger partial charge in [0.2, 0.25) is 11.9 Å². The van der Waals surface area contributed by atoms with Gasteiger partial charge in [-0.2, -0.15) is 18.2 Å². The van der Waals surface area contributed by atoms with Crippen LogP contribution in [0.4, 0.5) is 23.5 Å². The van der Waals surface area contributed by atoms with Crippen molar-refractivity contribution in [3.8, 4) is 23.0 Å². The minimum Gasteiger partial charge on any atom is -0.508 e. The van der Waals surface area contributed by atoms with Crippen molar-refractivity contribution in [3.05, 3.63) is 60.0 Å². The molecule has 202 valence electrons. The van der Waals surface area contributed by atoms with E-state index in [4.69, 9.17) is 0 Å². The number of imidazole rings is 1. The molecule has 0 bridgehead atoms. The standard InChI is InChI=1S/C27H24F4N6O2/c28-20-7-5-16(12-19(20)27(29,30)31)24-34-21-13-18(38)6-8-22(21)37(24)23-9-10-32-26(35-23)33-17-2-1-11-36(14-17)25(39)15-3-4-15/h5-10,12-13,15,17,38H,1-4,11,14H2,(H,32,33,35)/t17-/m0/s1. The van der Waals surface area contributed by atoms with E-state index in [-0.39, 0.29) is 35.0 Å². The van der Waals surface area contributed by atoms with Crippen LogP contribution >= 0.6 is 0 Å². The molecule has 12 heteroatoms. The zero-order valence-electron chi connectivity index (χ0n) is 20.6. The molecule has 1 amide bonds. The zero-order valence-corrected chi connectivity index (χ0v) is 20.6. The highest BCUT2D eigenvalue weighted by Gasteiger charge is 2.36. The number of amides is 1. The van der Waals surface area contributed by atoms with Crippen LogP contribution in [-0.4, -0.2) is 54.6 Å². The normalized spacial score (nSPS) is 17.9. The number of likely N-dealkylation sites (tertiary alicyclic amines) is 1. The van der Waals surface area contributed by atoms with Gasteiger partial charge in [0.25, 0.3) is 0 Å². The van der Waals surface area contributed by atoms with E-state index in [9.17, 15) is 27.5 Å². The maximum absolute atomic E-state index is 14.0. The fourth-order valence-corrected chi connectivity index (χ4v) is 4.99. The third kappa shape index (κ3) is 4.98. The summed E-state index contributed by atoms with van der Waals surface area (Å²) >= 11 is 0. The summed E-state index contributed by atoms with van der Waals surface area (Å²) in [4.78, 5) is 27.8. The number of halogens is 4. The van der Waals surface area contributed by atoms with Crippen molar-refractivity contribution in [2.24, 2.45) is 5.92 Å². The Hall–Kier alpha value is -4.22. The number of fused-ring (bicyclic) bond motifs is 1. The van der Waals surface area contributed by atoms with E-state index >= 15 is 0 Å². The molecule has 3 heterocycles. The molecule has 0 radical (unpaired) electrons. The van der Waals surface area contributed by atoms with Crippen molar-refractivity contribution in [1.82, 2.24) is 24.4 Å². The minimum atomic E-state index is -4.89. The second-order valence-electron chi connectivity index (χ2n) is 9.92. The number of phenolic OH excluding ortho intramolecular Hbond substituents is 1. The highest BCUT2D eigenvalue weighted by molar-refractivity contribution is 5.84. The highest BCUT2D eigenvalue weighted by atomic mass is 19.4. The summed E-state index contributed by atoms with van der Waals surface area (Å²) in [5, 5.41) is 13.3. The summed E-state index contributed by atoms with van der Waals surface area (Å²) in [6, 6.07) is 8.61.